The van der Waals surface area contributed by atoms with E-state index in [1.165, 1.54) is 42.6 Å². The van der Waals surface area contributed by atoms with Crippen molar-refractivity contribution in [3.63, 3.8) is 0 Å². The first-order valence-corrected chi connectivity index (χ1v) is 10.7. The highest BCUT2D eigenvalue weighted by atomic mass is 16.2. The molecule has 30 heavy (non-hydrogen) atoms. The summed E-state index contributed by atoms with van der Waals surface area (Å²) in [4.78, 5) is 27.8. The number of hydrogen-bond donors (Lipinski definition) is 1. The maximum atomic E-state index is 12.8. The summed E-state index contributed by atoms with van der Waals surface area (Å²) in [6, 6.07) is 15.5. The number of amides is 1. The minimum absolute atomic E-state index is 0.172. The first-order chi connectivity index (χ1) is 14.7. The van der Waals surface area contributed by atoms with E-state index in [0.717, 1.165) is 12.1 Å². The predicted molar refractivity (Wildman–Crippen MR) is 118 cm³/mol. The van der Waals surface area contributed by atoms with Crippen LogP contribution in [0.3, 0.4) is 0 Å². The molecular formula is C24H28N4O2. The fourth-order valence-electron chi connectivity index (χ4n) is 4.02. The van der Waals surface area contributed by atoms with Gasteiger partial charge in [0.15, 0.2) is 5.69 Å². The van der Waals surface area contributed by atoms with Gasteiger partial charge in [0, 0.05) is 25.0 Å². The lowest BCUT2D eigenvalue weighted by atomic mass is 10.1. The smallest absolute Gasteiger partial charge is 0.274 e. The van der Waals surface area contributed by atoms with Crippen molar-refractivity contribution in [2.45, 2.75) is 45.8 Å². The maximum Gasteiger partial charge on any atom is 0.274 e. The molecule has 156 valence electrons. The lowest BCUT2D eigenvalue weighted by Crippen LogP contribution is -2.30. The third-order valence-electron chi connectivity index (χ3n) is 5.71. The highest BCUT2D eigenvalue weighted by Gasteiger charge is 2.16. The van der Waals surface area contributed by atoms with E-state index in [1.807, 2.05) is 13.0 Å². The molecule has 1 aliphatic rings. The lowest BCUT2D eigenvalue weighted by Gasteiger charge is -2.26. The zero-order valence-electron chi connectivity index (χ0n) is 17.4. The molecule has 1 amide bonds. The summed E-state index contributed by atoms with van der Waals surface area (Å²) in [5.74, 6) is -0.272. The normalized spacial score (nSPS) is 14.7. The predicted octanol–water partition coefficient (Wildman–Crippen LogP) is 3.33. The average molecular weight is 405 g/mol. The third-order valence-corrected chi connectivity index (χ3v) is 5.71. The third kappa shape index (κ3) is 4.44. The van der Waals surface area contributed by atoms with Crippen LogP contribution in [0.25, 0.3) is 10.8 Å². The van der Waals surface area contributed by atoms with Gasteiger partial charge >= 0.3 is 0 Å². The van der Waals surface area contributed by atoms with Crippen LogP contribution >= 0.6 is 0 Å². The molecule has 0 atom stereocenters. The van der Waals surface area contributed by atoms with E-state index >= 15 is 0 Å². The number of benzene rings is 2. The van der Waals surface area contributed by atoms with Gasteiger partial charge in [0.05, 0.1) is 5.39 Å². The average Bonchev–Trinajstić information content (AvgIpc) is 2.79. The summed E-state index contributed by atoms with van der Waals surface area (Å²) in [5, 5.41) is 8.35. The molecule has 1 aliphatic heterocycles. The van der Waals surface area contributed by atoms with E-state index in [-0.39, 0.29) is 17.2 Å². The van der Waals surface area contributed by atoms with Crippen LogP contribution in [0.5, 0.6) is 0 Å². The minimum atomic E-state index is -0.272. The first kappa shape index (κ1) is 20.3. The number of hydrogen-bond acceptors (Lipinski definition) is 4. The Kier molecular flexibility index (Phi) is 6.23. The minimum Gasteiger partial charge on any atom is -0.347 e. The molecule has 1 saturated heterocycles. The van der Waals surface area contributed by atoms with Gasteiger partial charge in [-0.25, -0.2) is 4.68 Å². The zero-order chi connectivity index (χ0) is 20.9. The van der Waals surface area contributed by atoms with Crippen molar-refractivity contribution in [3.05, 3.63) is 75.7 Å². The number of nitrogens with zero attached hydrogens (tertiary/aromatic N) is 3. The molecule has 0 unspecified atom stereocenters. The van der Waals surface area contributed by atoms with Gasteiger partial charge in [0.25, 0.3) is 11.5 Å². The Morgan fingerprint density at radius 3 is 2.33 bits per heavy atom. The van der Waals surface area contributed by atoms with Crippen LogP contribution in [-0.4, -0.2) is 33.7 Å². The van der Waals surface area contributed by atoms with Crippen molar-refractivity contribution in [2.75, 3.05) is 13.1 Å². The van der Waals surface area contributed by atoms with Crippen molar-refractivity contribution >= 4 is 16.7 Å². The van der Waals surface area contributed by atoms with E-state index in [9.17, 15) is 9.59 Å². The molecule has 4 rings (SSSR count). The molecule has 0 spiro atoms. The van der Waals surface area contributed by atoms with Gasteiger partial charge < -0.3 is 5.32 Å². The largest absolute Gasteiger partial charge is 0.347 e. The van der Waals surface area contributed by atoms with Crippen LogP contribution in [0.4, 0.5) is 0 Å². The zero-order valence-corrected chi connectivity index (χ0v) is 17.4. The summed E-state index contributed by atoms with van der Waals surface area (Å²) in [5.41, 5.74) is 2.45. The van der Waals surface area contributed by atoms with Crippen LogP contribution in [-0.2, 0) is 19.6 Å². The maximum absolute atomic E-state index is 12.8. The van der Waals surface area contributed by atoms with Crippen LogP contribution in [0.1, 0.15) is 47.8 Å². The summed E-state index contributed by atoms with van der Waals surface area (Å²) in [6.45, 7) is 6.03. The molecule has 1 N–H and O–H groups in total. The fourth-order valence-corrected chi connectivity index (χ4v) is 4.02. The Bertz CT molecular complexity index is 1080. The molecule has 3 aromatic rings. The van der Waals surface area contributed by atoms with Crippen LogP contribution < -0.4 is 10.9 Å². The van der Waals surface area contributed by atoms with Gasteiger partial charge in [-0.1, -0.05) is 48.9 Å². The Balaban J connectivity index is 1.45. The molecule has 1 fully saturated rings. The second kappa shape index (κ2) is 9.22. The fraction of sp³-hybridized carbons (Fsp3) is 0.375. The van der Waals surface area contributed by atoms with E-state index in [0.29, 0.717) is 23.9 Å². The monoisotopic (exact) mass is 404 g/mol. The van der Waals surface area contributed by atoms with E-state index in [2.05, 4.69) is 39.6 Å². The van der Waals surface area contributed by atoms with Crippen molar-refractivity contribution in [2.24, 2.45) is 0 Å². The van der Waals surface area contributed by atoms with E-state index in [4.69, 9.17) is 0 Å². The van der Waals surface area contributed by atoms with Gasteiger partial charge in [0.1, 0.15) is 0 Å². The lowest BCUT2D eigenvalue weighted by molar-refractivity contribution is 0.0945. The second-order valence-corrected chi connectivity index (χ2v) is 7.85. The van der Waals surface area contributed by atoms with Crippen molar-refractivity contribution in [3.8, 4) is 0 Å². The number of aryl methyl sites for hydroxylation is 1. The number of aromatic nitrogens is 2. The van der Waals surface area contributed by atoms with Crippen molar-refractivity contribution < 1.29 is 4.79 Å². The summed E-state index contributed by atoms with van der Waals surface area (Å²) < 4.78 is 1.34. The standard InChI is InChI=1S/C24H28N4O2/c1-2-28-24(30)21-9-5-4-8-20(21)22(26-28)23(29)25-16-18-10-12-19(13-11-18)17-27-14-6-3-7-15-27/h4-5,8-13H,2-3,6-7,14-17H2,1H3,(H,25,29). The van der Waals surface area contributed by atoms with Crippen LogP contribution in [0.2, 0.25) is 0 Å². The first-order valence-electron chi connectivity index (χ1n) is 10.7. The van der Waals surface area contributed by atoms with Gasteiger partial charge in [-0.05, 0) is 50.0 Å². The molecule has 1 aromatic heterocycles. The summed E-state index contributed by atoms with van der Waals surface area (Å²) >= 11 is 0. The molecule has 0 aliphatic carbocycles. The highest BCUT2D eigenvalue weighted by molar-refractivity contribution is 6.04. The highest BCUT2D eigenvalue weighted by Crippen LogP contribution is 2.15. The van der Waals surface area contributed by atoms with Crippen LogP contribution in [0.15, 0.2) is 53.3 Å². The van der Waals surface area contributed by atoms with Gasteiger partial charge in [-0.3, -0.25) is 14.5 Å². The topological polar surface area (TPSA) is 67.2 Å². The number of carbonyl (C=O) groups excluding carboxylic acids is 1. The number of likely N-dealkylation sites (tertiary alicyclic amines) is 1. The molecule has 2 aromatic carbocycles. The summed E-state index contributed by atoms with van der Waals surface area (Å²) in [6.07, 6.45) is 3.92. The molecule has 6 nitrogen and oxygen atoms in total. The van der Waals surface area contributed by atoms with Gasteiger partial charge in [0.2, 0.25) is 0 Å². The molecule has 0 bridgehead atoms. The second-order valence-electron chi connectivity index (χ2n) is 7.85. The SMILES string of the molecule is CCn1nc(C(=O)NCc2ccc(CN3CCCCC3)cc2)c2ccccc2c1=O. The van der Waals surface area contributed by atoms with Gasteiger partial charge in [-0.15, -0.1) is 0 Å². The number of piperidine rings is 1. The molecular weight excluding hydrogens is 376 g/mol. The quantitative estimate of drug-likeness (QED) is 0.684. The molecule has 2 heterocycles. The Labute approximate surface area is 176 Å². The molecule has 6 heteroatoms. The Morgan fingerprint density at radius 1 is 0.967 bits per heavy atom. The van der Waals surface area contributed by atoms with E-state index < -0.39 is 0 Å². The summed E-state index contributed by atoms with van der Waals surface area (Å²) in [7, 11) is 0. The Morgan fingerprint density at radius 2 is 1.63 bits per heavy atom. The number of nitrogens with one attached hydrogen (secondary N) is 1. The molecule has 0 radical (unpaired) electrons. The number of rotatable bonds is 6. The van der Waals surface area contributed by atoms with Crippen molar-refractivity contribution in [1.82, 2.24) is 20.0 Å². The van der Waals surface area contributed by atoms with Crippen LogP contribution in [0, 0.1) is 0 Å². The van der Waals surface area contributed by atoms with Crippen molar-refractivity contribution in [1.29, 1.82) is 0 Å². The van der Waals surface area contributed by atoms with E-state index in [1.54, 1.807) is 18.2 Å². The Hall–Kier alpha value is -2.99. The number of fused-ring (bicyclic) bond motifs is 1. The van der Waals surface area contributed by atoms with Gasteiger partial charge in [-0.2, -0.15) is 5.10 Å². The number of carbonyl (C=O) groups is 1. The molecule has 0 saturated carbocycles.